The van der Waals surface area contributed by atoms with Gasteiger partial charge in [-0.2, -0.15) is 29.4 Å². The van der Waals surface area contributed by atoms with Crippen molar-refractivity contribution in [2.24, 2.45) is 0 Å². The van der Waals surface area contributed by atoms with E-state index in [2.05, 4.69) is 11.2 Å². The van der Waals surface area contributed by atoms with Crippen molar-refractivity contribution < 1.29 is 20.1 Å². The fourth-order valence-corrected chi connectivity index (χ4v) is 1.60. The Kier molecular flexibility index (Phi) is 3.57. The standard InChI is InChI=1S/C13H10N3.Ir/c1-2-6-12(7-3-1)16-11-8-13(14-16)15-9-4-5-10-15;/h1-6,8-11H;/q-1;. The first kappa shape index (κ1) is 11.8. The maximum absolute atomic E-state index is 4.47. The molecule has 2 heterocycles. The monoisotopic (exact) mass is 401 g/mol. The molecule has 4 heteroatoms. The molecule has 0 aliphatic carbocycles. The van der Waals surface area contributed by atoms with Crippen LogP contribution in [-0.2, 0) is 20.1 Å². The topological polar surface area (TPSA) is 22.8 Å². The fourth-order valence-electron chi connectivity index (χ4n) is 1.60. The first-order valence-corrected chi connectivity index (χ1v) is 5.09. The number of aromatic nitrogens is 3. The summed E-state index contributed by atoms with van der Waals surface area (Å²) in [5, 5.41) is 4.47. The molecule has 3 nitrogen and oxygen atoms in total. The molecule has 1 aromatic carbocycles. The zero-order valence-electron chi connectivity index (χ0n) is 8.95. The molecule has 0 spiro atoms. The van der Waals surface area contributed by atoms with Crippen LogP contribution < -0.4 is 0 Å². The van der Waals surface area contributed by atoms with Gasteiger partial charge in [0.25, 0.3) is 0 Å². The number of hydrogen-bond donors (Lipinski definition) is 0. The van der Waals surface area contributed by atoms with E-state index >= 15 is 0 Å². The van der Waals surface area contributed by atoms with E-state index in [0.717, 1.165) is 11.5 Å². The molecule has 3 aromatic rings. The largest absolute Gasteiger partial charge is 0.307 e. The molecule has 2 aromatic heterocycles. The van der Waals surface area contributed by atoms with Gasteiger partial charge in [0.1, 0.15) is 0 Å². The fraction of sp³-hybridized carbons (Fsp3) is 0. The summed E-state index contributed by atoms with van der Waals surface area (Å²) in [5.74, 6) is 0.905. The average Bonchev–Trinajstić information content (AvgIpc) is 3.01. The van der Waals surface area contributed by atoms with Gasteiger partial charge in [0.15, 0.2) is 5.82 Å². The van der Waals surface area contributed by atoms with Gasteiger partial charge in [0, 0.05) is 44.8 Å². The van der Waals surface area contributed by atoms with Crippen LogP contribution in [0.1, 0.15) is 0 Å². The zero-order chi connectivity index (χ0) is 10.8. The van der Waals surface area contributed by atoms with E-state index in [9.17, 15) is 0 Å². The van der Waals surface area contributed by atoms with Gasteiger partial charge in [-0.15, -0.1) is 6.07 Å². The Morgan fingerprint density at radius 1 is 0.941 bits per heavy atom. The van der Waals surface area contributed by atoms with Crippen molar-refractivity contribution in [2.45, 2.75) is 0 Å². The molecule has 0 atom stereocenters. The molecule has 1 radical (unpaired) electrons. The Hall–Kier alpha value is -1.64. The summed E-state index contributed by atoms with van der Waals surface area (Å²) in [6.07, 6.45) is 5.88. The number of nitrogens with zero attached hydrogens (tertiary/aromatic N) is 3. The predicted molar refractivity (Wildman–Crippen MR) is 61.7 cm³/mol. The van der Waals surface area contributed by atoms with Crippen LogP contribution in [0.4, 0.5) is 0 Å². The van der Waals surface area contributed by atoms with Gasteiger partial charge in [-0.05, 0) is 17.8 Å². The molecular weight excluding hydrogens is 390 g/mol. The summed E-state index contributed by atoms with van der Waals surface area (Å²) in [5.41, 5.74) is 0.945. The van der Waals surface area contributed by atoms with Crippen LogP contribution in [0.5, 0.6) is 0 Å². The Morgan fingerprint density at radius 2 is 1.76 bits per heavy atom. The molecule has 0 unspecified atom stereocenters. The van der Waals surface area contributed by atoms with Crippen LogP contribution in [0.2, 0.25) is 0 Å². The summed E-state index contributed by atoms with van der Waals surface area (Å²) in [6, 6.07) is 16.8. The predicted octanol–water partition coefficient (Wildman–Crippen LogP) is 2.46. The minimum absolute atomic E-state index is 0. The summed E-state index contributed by atoms with van der Waals surface area (Å²) in [4.78, 5) is 0. The molecule has 17 heavy (non-hydrogen) atoms. The number of hydrogen-bond acceptors (Lipinski definition) is 1. The van der Waals surface area contributed by atoms with E-state index in [4.69, 9.17) is 0 Å². The average molecular weight is 400 g/mol. The minimum Gasteiger partial charge on any atom is -0.307 e. The normalized spacial score (nSPS) is 9.88. The third-order valence-electron chi connectivity index (χ3n) is 2.38. The molecule has 87 valence electrons. The van der Waals surface area contributed by atoms with Gasteiger partial charge in [-0.1, -0.05) is 0 Å². The van der Waals surface area contributed by atoms with Crippen molar-refractivity contribution in [1.29, 1.82) is 0 Å². The van der Waals surface area contributed by atoms with Crippen molar-refractivity contribution in [3.8, 4) is 11.5 Å². The van der Waals surface area contributed by atoms with Gasteiger partial charge in [-0.3, -0.25) is 4.68 Å². The summed E-state index contributed by atoms with van der Waals surface area (Å²) in [6.45, 7) is 0. The third-order valence-corrected chi connectivity index (χ3v) is 2.38. The van der Waals surface area contributed by atoms with Gasteiger partial charge in [0.2, 0.25) is 0 Å². The Balaban J connectivity index is 0.00000108. The second kappa shape index (κ2) is 5.13. The van der Waals surface area contributed by atoms with Crippen molar-refractivity contribution in [3.63, 3.8) is 0 Å². The number of rotatable bonds is 2. The SMILES string of the molecule is [Ir].[c-]1ccccc1-n1ccc(-n2cccc2)n1. The molecule has 0 saturated carbocycles. The second-order valence-corrected chi connectivity index (χ2v) is 3.46. The van der Waals surface area contributed by atoms with E-state index in [1.54, 1.807) is 0 Å². The molecule has 0 saturated heterocycles. The molecule has 0 N–H and O–H groups in total. The maximum Gasteiger partial charge on any atom is 0.158 e. The van der Waals surface area contributed by atoms with Gasteiger partial charge in [-0.25, -0.2) is 0 Å². The van der Waals surface area contributed by atoms with Crippen molar-refractivity contribution >= 4 is 0 Å². The van der Waals surface area contributed by atoms with Gasteiger partial charge in [0.05, 0.1) is 0 Å². The van der Waals surface area contributed by atoms with E-state index in [-0.39, 0.29) is 20.1 Å². The molecule has 0 fully saturated rings. The smallest absolute Gasteiger partial charge is 0.158 e. The van der Waals surface area contributed by atoms with E-state index in [1.807, 2.05) is 70.3 Å². The van der Waals surface area contributed by atoms with Gasteiger partial charge >= 0.3 is 0 Å². The zero-order valence-corrected chi connectivity index (χ0v) is 11.3. The first-order valence-electron chi connectivity index (χ1n) is 5.09. The quantitative estimate of drug-likeness (QED) is 0.606. The van der Waals surface area contributed by atoms with E-state index in [1.165, 1.54) is 0 Å². The van der Waals surface area contributed by atoms with Crippen LogP contribution in [-0.4, -0.2) is 14.3 Å². The Labute approximate surface area is 113 Å². The molecule has 0 amide bonds. The number of para-hydroxylation sites is 1. The van der Waals surface area contributed by atoms with Crippen LogP contribution in [0.15, 0.2) is 61.1 Å². The Bertz CT molecular complexity index is 570. The molecular formula is C13H10IrN3-. The van der Waals surface area contributed by atoms with Crippen LogP contribution in [0, 0.1) is 6.07 Å². The third kappa shape index (κ3) is 2.38. The molecule has 3 rings (SSSR count). The van der Waals surface area contributed by atoms with Crippen molar-refractivity contribution in [2.75, 3.05) is 0 Å². The van der Waals surface area contributed by atoms with Crippen LogP contribution in [0.25, 0.3) is 11.5 Å². The van der Waals surface area contributed by atoms with E-state index < -0.39 is 0 Å². The summed E-state index contributed by atoms with van der Waals surface area (Å²) >= 11 is 0. The van der Waals surface area contributed by atoms with Crippen molar-refractivity contribution in [1.82, 2.24) is 14.3 Å². The van der Waals surface area contributed by atoms with E-state index in [0.29, 0.717) is 0 Å². The minimum atomic E-state index is 0. The maximum atomic E-state index is 4.47. The number of benzene rings is 1. The molecule has 0 bridgehead atoms. The first-order chi connectivity index (χ1) is 7.93. The Morgan fingerprint density at radius 3 is 2.47 bits per heavy atom. The molecule has 0 aliphatic heterocycles. The van der Waals surface area contributed by atoms with Gasteiger partial charge < -0.3 is 4.57 Å². The second-order valence-electron chi connectivity index (χ2n) is 3.46. The molecule has 0 aliphatic rings. The summed E-state index contributed by atoms with van der Waals surface area (Å²) < 4.78 is 3.79. The van der Waals surface area contributed by atoms with Crippen LogP contribution in [0.3, 0.4) is 0 Å². The van der Waals surface area contributed by atoms with Crippen molar-refractivity contribution in [3.05, 3.63) is 67.1 Å². The van der Waals surface area contributed by atoms with Crippen LogP contribution >= 0.6 is 0 Å². The summed E-state index contributed by atoms with van der Waals surface area (Å²) in [7, 11) is 0.